The number of likely N-dealkylation sites (N-methyl/N-ethyl adjacent to an activating group) is 1. The number of rotatable bonds is 6. The third kappa shape index (κ3) is 8.02. The van der Waals surface area contributed by atoms with E-state index in [0.717, 1.165) is 16.7 Å². The summed E-state index contributed by atoms with van der Waals surface area (Å²) >= 11 is 0. The van der Waals surface area contributed by atoms with Gasteiger partial charge in [-0.25, -0.2) is 18.0 Å². The molecule has 0 N–H and O–H groups in total. The number of hydrogen-bond donors (Lipinski definition) is 0. The molecule has 1 aromatic rings. The van der Waals surface area contributed by atoms with Gasteiger partial charge in [0.25, 0.3) is 0 Å². The summed E-state index contributed by atoms with van der Waals surface area (Å²) in [5.74, 6) is -1.35. The first kappa shape index (κ1) is 21.0. The van der Waals surface area contributed by atoms with Crippen LogP contribution in [0.5, 0.6) is 0 Å². The van der Waals surface area contributed by atoms with Crippen LogP contribution in [-0.4, -0.2) is 56.1 Å². The normalized spacial score (nSPS) is 13.0. The van der Waals surface area contributed by atoms with Crippen LogP contribution in [0.15, 0.2) is 30.3 Å². The Morgan fingerprint density at radius 1 is 1.16 bits per heavy atom. The van der Waals surface area contributed by atoms with Crippen LogP contribution in [0, 0.1) is 0 Å². The molecule has 1 atom stereocenters. The van der Waals surface area contributed by atoms with Crippen LogP contribution in [0.3, 0.4) is 0 Å². The van der Waals surface area contributed by atoms with Crippen molar-refractivity contribution in [3.63, 3.8) is 0 Å². The van der Waals surface area contributed by atoms with Crippen molar-refractivity contribution in [2.75, 3.05) is 19.1 Å². The summed E-state index contributed by atoms with van der Waals surface area (Å²) in [5.41, 5.74) is -0.0107. The van der Waals surface area contributed by atoms with Gasteiger partial charge in [-0.3, -0.25) is 4.90 Å². The van der Waals surface area contributed by atoms with Gasteiger partial charge in [-0.1, -0.05) is 30.3 Å². The van der Waals surface area contributed by atoms with Gasteiger partial charge < -0.3 is 9.47 Å². The lowest BCUT2D eigenvalue weighted by molar-refractivity contribution is -0.149. The Bertz CT molecular complexity index is 694. The molecule has 0 aliphatic heterocycles. The topological polar surface area (TPSA) is 90.0 Å². The monoisotopic (exact) mass is 371 g/mol. The average molecular weight is 371 g/mol. The van der Waals surface area contributed by atoms with Gasteiger partial charge >= 0.3 is 12.1 Å². The van der Waals surface area contributed by atoms with Crippen LogP contribution in [0.4, 0.5) is 4.79 Å². The predicted molar refractivity (Wildman–Crippen MR) is 93.7 cm³/mol. The minimum Gasteiger partial charge on any atom is -0.459 e. The first-order valence-electron chi connectivity index (χ1n) is 7.73. The Labute approximate surface area is 148 Å². The summed E-state index contributed by atoms with van der Waals surface area (Å²) in [6.45, 7) is 5.02. The molecule has 1 rings (SSSR count). The molecule has 0 unspecified atom stereocenters. The van der Waals surface area contributed by atoms with Crippen molar-refractivity contribution in [3.8, 4) is 0 Å². The molecular formula is C17H25NO6S. The Morgan fingerprint density at radius 3 is 2.20 bits per heavy atom. The molecule has 0 radical (unpaired) electrons. The maximum absolute atomic E-state index is 12.4. The third-order valence-corrected chi connectivity index (χ3v) is 4.03. The van der Waals surface area contributed by atoms with E-state index in [9.17, 15) is 18.0 Å². The van der Waals surface area contributed by atoms with Crippen LogP contribution in [0.2, 0.25) is 0 Å². The Morgan fingerprint density at radius 2 is 1.72 bits per heavy atom. The predicted octanol–water partition coefficient (Wildman–Crippen LogP) is 2.01. The summed E-state index contributed by atoms with van der Waals surface area (Å²) in [6.07, 6.45) is 0.200. The second-order valence-corrected chi connectivity index (χ2v) is 8.98. The summed E-state index contributed by atoms with van der Waals surface area (Å²) in [4.78, 5) is 25.5. The van der Waals surface area contributed by atoms with Gasteiger partial charge in [0, 0.05) is 13.3 Å². The molecule has 0 bridgehead atoms. The van der Waals surface area contributed by atoms with E-state index in [1.807, 2.05) is 6.07 Å². The zero-order valence-electron chi connectivity index (χ0n) is 15.2. The average Bonchev–Trinajstić information content (AvgIpc) is 2.48. The minimum absolute atomic E-state index is 0.0118. The SMILES string of the molecule is CN(C(=O)OC(C)(C)C)[C@H](CS(C)(=O)=O)C(=O)OCc1ccccc1. The largest absolute Gasteiger partial charge is 0.459 e. The molecule has 0 saturated carbocycles. The molecule has 1 amide bonds. The quantitative estimate of drug-likeness (QED) is 0.711. The second-order valence-electron chi connectivity index (χ2n) is 6.79. The molecule has 1 aromatic carbocycles. The molecule has 0 fully saturated rings. The minimum atomic E-state index is -3.52. The number of benzene rings is 1. The number of amides is 1. The van der Waals surface area contributed by atoms with E-state index in [1.165, 1.54) is 7.05 Å². The van der Waals surface area contributed by atoms with Gasteiger partial charge in [0.15, 0.2) is 0 Å². The van der Waals surface area contributed by atoms with Crippen molar-refractivity contribution in [1.82, 2.24) is 4.90 Å². The van der Waals surface area contributed by atoms with Gasteiger partial charge in [0.05, 0.1) is 5.75 Å². The van der Waals surface area contributed by atoms with Crippen LogP contribution in [-0.2, 0) is 30.7 Å². The van der Waals surface area contributed by atoms with Crippen LogP contribution in [0.25, 0.3) is 0 Å². The lowest BCUT2D eigenvalue weighted by Crippen LogP contribution is -2.48. The van der Waals surface area contributed by atoms with Crippen molar-refractivity contribution < 1.29 is 27.5 Å². The fraction of sp³-hybridized carbons (Fsp3) is 0.529. The van der Waals surface area contributed by atoms with Crippen LogP contribution >= 0.6 is 0 Å². The van der Waals surface area contributed by atoms with E-state index >= 15 is 0 Å². The molecule has 25 heavy (non-hydrogen) atoms. The number of esters is 1. The highest BCUT2D eigenvalue weighted by atomic mass is 32.2. The highest BCUT2D eigenvalue weighted by Gasteiger charge is 2.34. The zero-order chi connectivity index (χ0) is 19.3. The van der Waals surface area contributed by atoms with E-state index in [1.54, 1.807) is 45.0 Å². The van der Waals surface area contributed by atoms with Crippen molar-refractivity contribution in [1.29, 1.82) is 0 Å². The molecule has 8 heteroatoms. The van der Waals surface area contributed by atoms with E-state index in [2.05, 4.69) is 0 Å². The van der Waals surface area contributed by atoms with Crippen molar-refractivity contribution >= 4 is 21.9 Å². The van der Waals surface area contributed by atoms with E-state index < -0.39 is 39.3 Å². The molecule has 0 aromatic heterocycles. The Balaban J connectivity index is 2.87. The number of ether oxygens (including phenoxy) is 2. The van der Waals surface area contributed by atoms with Crippen LogP contribution in [0.1, 0.15) is 26.3 Å². The van der Waals surface area contributed by atoms with Crippen molar-refractivity contribution in [2.24, 2.45) is 0 Å². The number of nitrogens with zero attached hydrogens (tertiary/aromatic N) is 1. The summed E-state index contributed by atoms with van der Waals surface area (Å²) in [5, 5.41) is 0. The van der Waals surface area contributed by atoms with Crippen molar-refractivity contribution in [2.45, 2.75) is 39.0 Å². The molecule has 0 spiro atoms. The molecule has 0 aliphatic rings. The molecule has 140 valence electrons. The van der Waals surface area contributed by atoms with Gasteiger partial charge in [-0.2, -0.15) is 0 Å². The second kappa shape index (κ2) is 8.33. The lowest BCUT2D eigenvalue weighted by atomic mass is 10.2. The van der Waals surface area contributed by atoms with Crippen LogP contribution < -0.4 is 0 Å². The van der Waals surface area contributed by atoms with Crippen molar-refractivity contribution in [3.05, 3.63) is 35.9 Å². The van der Waals surface area contributed by atoms with E-state index in [-0.39, 0.29) is 6.61 Å². The Hall–Kier alpha value is -2.09. The fourth-order valence-electron chi connectivity index (χ4n) is 1.91. The van der Waals surface area contributed by atoms with E-state index in [0.29, 0.717) is 0 Å². The molecule has 0 aliphatic carbocycles. The number of carbonyl (C=O) groups is 2. The molecule has 7 nitrogen and oxygen atoms in total. The van der Waals surface area contributed by atoms with Gasteiger partial charge in [0.2, 0.25) is 0 Å². The number of carbonyl (C=O) groups excluding carboxylic acids is 2. The standard InChI is InChI=1S/C17H25NO6S/c1-17(2,3)24-16(20)18(4)14(12-25(5,21)22)15(19)23-11-13-9-7-6-8-10-13/h6-10,14H,11-12H2,1-5H3/t14-/m1/s1. The molecule has 0 heterocycles. The smallest absolute Gasteiger partial charge is 0.410 e. The zero-order valence-corrected chi connectivity index (χ0v) is 16.0. The first-order chi connectivity index (χ1) is 11.4. The first-order valence-corrected chi connectivity index (χ1v) is 9.79. The van der Waals surface area contributed by atoms with Gasteiger partial charge in [-0.05, 0) is 26.3 Å². The molecule has 0 saturated heterocycles. The number of sulfone groups is 1. The maximum atomic E-state index is 12.4. The third-order valence-electron chi connectivity index (χ3n) is 3.11. The Kier molecular flexibility index (Phi) is 6.98. The van der Waals surface area contributed by atoms with Gasteiger partial charge in [-0.15, -0.1) is 0 Å². The molecular weight excluding hydrogens is 346 g/mol. The van der Waals surface area contributed by atoms with Gasteiger partial charge in [0.1, 0.15) is 28.1 Å². The fourth-order valence-corrected chi connectivity index (χ4v) is 2.84. The maximum Gasteiger partial charge on any atom is 0.410 e. The highest BCUT2D eigenvalue weighted by Crippen LogP contribution is 2.13. The highest BCUT2D eigenvalue weighted by molar-refractivity contribution is 7.90. The summed E-state index contributed by atoms with van der Waals surface area (Å²) < 4.78 is 33.7. The summed E-state index contributed by atoms with van der Waals surface area (Å²) in [7, 11) is -2.21. The summed E-state index contributed by atoms with van der Waals surface area (Å²) in [6, 6.07) is 7.68. The number of hydrogen-bond acceptors (Lipinski definition) is 6. The lowest BCUT2D eigenvalue weighted by Gasteiger charge is -2.29. The van der Waals surface area contributed by atoms with E-state index in [4.69, 9.17) is 9.47 Å².